The largest absolute Gasteiger partial charge is 0.369 e. The molecule has 0 atom stereocenters. The van der Waals surface area contributed by atoms with Crippen LogP contribution in [0, 0.1) is 0 Å². The zero-order valence-electron chi connectivity index (χ0n) is 7.04. The average Bonchev–Trinajstić information content (AvgIpc) is 2.33. The Kier molecular flexibility index (Phi) is 1.34. The van der Waals surface area contributed by atoms with Crippen LogP contribution in [0.4, 0.5) is 5.69 Å². The molecule has 2 heterocycles. The fraction of sp³-hybridized carbons (Fsp3) is 0.444. The van der Waals surface area contributed by atoms with E-state index in [9.17, 15) is 0 Å². The number of likely N-dealkylation sites (N-methyl/N-ethyl adjacent to an activating group) is 1. The van der Waals surface area contributed by atoms with Crippen LogP contribution in [0.2, 0.25) is 0 Å². The predicted molar refractivity (Wildman–Crippen MR) is 44.6 cm³/mol. The number of aryl methyl sites for hydroxylation is 1. The Balaban J connectivity index is 2.52. The van der Waals surface area contributed by atoms with Crippen molar-refractivity contribution in [1.82, 2.24) is 0 Å². The van der Waals surface area contributed by atoms with Crippen LogP contribution in [0.25, 0.3) is 0 Å². The Morgan fingerprint density at radius 1 is 1.55 bits per heavy atom. The highest BCUT2D eigenvalue weighted by Crippen LogP contribution is 2.23. The molecule has 0 saturated heterocycles. The molecule has 0 aliphatic carbocycles. The van der Waals surface area contributed by atoms with Gasteiger partial charge in [-0.25, -0.2) is 4.57 Å². The lowest BCUT2D eigenvalue weighted by molar-refractivity contribution is -0.670. The van der Waals surface area contributed by atoms with Crippen LogP contribution in [-0.4, -0.2) is 13.6 Å². The van der Waals surface area contributed by atoms with Gasteiger partial charge in [0.05, 0.1) is 0 Å². The van der Waals surface area contributed by atoms with Gasteiger partial charge in [-0.1, -0.05) is 0 Å². The number of nitrogens with zero attached hydrogens (tertiary/aromatic N) is 2. The van der Waals surface area contributed by atoms with E-state index in [1.807, 2.05) is 0 Å². The van der Waals surface area contributed by atoms with E-state index in [1.165, 1.54) is 24.2 Å². The number of rotatable bonds is 0. The molecule has 1 aromatic rings. The monoisotopic (exact) mass is 149 g/mol. The topological polar surface area (TPSA) is 7.12 Å². The highest BCUT2D eigenvalue weighted by Gasteiger charge is 2.17. The second kappa shape index (κ2) is 2.22. The quantitative estimate of drug-likeness (QED) is 0.487. The molecule has 0 fully saturated rings. The molecule has 11 heavy (non-hydrogen) atoms. The summed E-state index contributed by atoms with van der Waals surface area (Å²) < 4.78 is 2.10. The third-order valence-electron chi connectivity index (χ3n) is 2.29. The molecule has 0 amide bonds. The molecule has 58 valence electrons. The first-order valence-electron chi connectivity index (χ1n) is 3.96. The first kappa shape index (κ1) is 6.65. The number of aromatic nitrogens is 1. The molecule has 0 radical (unpaired) electrons. The van der Waals surface area contributed by atoms with Crippen LogP contribution in [0.1, 0.15) is 5.56 Å². The molecule has 2 rings (SSSR count). The van der Waals surface area contributed by atoms with E-state index in [2.05, 4.69) is 42.0 Å². The van der Waals surface area contributed by atoms with E-state index in [4.69, 9.17) is 0 Å². The summed E-state index contributed by atoms with van der Waals surface area (Å²) in [5.74, 6) is 0. The first-order chi connectivity index (χ1) is 5.27. The van der Waals surface area contributed by atoms with E-state index in [1.54, 1.807) is 0 Å². The maximum absolute atomic E-state index is 2.30. The van der Waals surface area contributed by atoms with E-state index in [0.717, 1.165) is 0 Å². The van der Waals surface area contributed by atoms with Crippen LogP contribution in [-0.2, 0) is 13.5 Å². The number of hydrogen-bond acceptors (Lipinski definition) is 1. The predicted octanol–water partition coefficient (Wildman–Crippen LogP) is 0.503. The Bertz CT molecular complexity index is 281. The molecular formula is C9H13N2+. The second-order valence-electron chi connectivity index (χ2n) is 3.19. The van der Waals surface area contributed by atoms with Crippen molar-refractivity contribution in [3.63, 3.8) is 0 Å². The zero-order chi connectivity index (χ0) is 7.84. The summed E-state index contributed by atoms with van der Waals surface area (Å²) in [7, 11) is 4.21. The molecule has 0 aromatic carbocycles. The minimum Gasteiger partial charge on any atom is -0.369 e. The van der Waals surface area contributed by atoms with Gasteiger partial charge in [0.15, 0.2) is 12.4 Å². The van der Waals surface area contributed by atoms with Crippen molar-refractivity contribution in [2.24, 2.45) is 7.05 Å². The summed E-state index contributed by atoms with van der Waals surface area (Å²) in [5.41, 5.74) is 2.86. The molecule has 0 spiro atoms. The normalized spacial score (nSPS) is 15.3. The van der Waals surface area contributed by atoms with Crippen LogP contribution >= 0.6 is 0 Å². The van der Waals surface area contributed by atoms with Crippen LogP contribution in [0.3, 0.4) is 0 Å². The Morgan fingerprint density at radius 2 is 2.36 bits per heavy atom. The molecule has 1 aliphatic heterocycles. The van der Waals surface area contributed by atoms with Gasteiger partial charge >= 0.3 is 0 Å². The SMILES string of the molecule is CN1CCc2cc[n+](C)cc21. The smallest absolute Gasteiger partial charge is 0.192 e. The molecule has 0 N–H and O–H groups in total. The van der Waals surface area contributed by atoms with Crippen molar-refractivity contribution in [3.05, 3.63) is 24.0 Å². The van der Waals surface area contributed by atoms with Gasteiger partial charge in [-0.3, -0.25) is 0 Å². The molecule has 1 aromatic heterocycles. The minimum atomic E-state index is 1.17. The lowest BCUT2D eigenvalue weighted by atomic mass is 10.2. The summed E-state index contributed by atoms with van der Waals surface area (Å²) in [6.45, 7) is 1.17. The molecule has 0 saturated carbocycles. The maximum atomic E-state index is 2.30. The number of fused-ring (bicyclic) bond motifs is 1. The van der Waals surface area contributed by atoms with Gasteiger partial charge in [0.25, 0.3) is 0 Å². The van der Waals surface area contributed by atoms with E-state index >= 15 is 0 Å². The van der Waals surface area contributed by atoms with E-state index in [0.29, 0.717) is 0 Å². The first-order valence-corrected chi connectivity index (χ1v) is 3.96. The summed E-state index contributed by atoms with van der Waals surface area (Å²) in [6.07, 6.45) is 5.49. The van der Waals surface area contributed by atoms with Crippen molar-refractivity contribution in [2.75, 3.05) is 18.5 Å². The van der Waals surface area contributed by atoms with Crippen LogP contribution in [0.5, 0.6) is 0 Å². The van der Waals surface area contributed by atoms with Crippen LogP contribution in [0.15, 0.2) is 18.5 Å². The van der Waals surface area contributed by atoms with Crippen molar-refractivity contribution in [1.29, 1.82) is 0 Å². The highest BCUT2D eigenvalue weighted by atomic mass is 15.1. The zero-order valence-corrected chi connectivity index (χ0v) is 7.04. The molecule has 1 aliphatic rings. The van der Waals surface area contributed by atoms with E-state index in [-0.39, 0.29) is 0 Å². The van der Waals surface area contributed by atoms with Crippen molar-refractivity contribution in [3.8, 4) is 0 Å². The summed E-state index contributed by atoms with van der Waals surface area (Å²) in [4.78, 5) is 2.30. The van der Waals surface area contributed by atoms with Gasteiger partial charge in [-0.2, -0.15) is 0 Å². The standard InChI is InChI=1S/C9H13N2/c1-10-5-3-8-4-6-11(2)9(8)7-10/h3,5,7H,4,6H2,1-2H3/q+1. The molecule has 2 nitrogen and oxygen atoms in total. The van der Waals surface area contributed by atoms with Crippen molar-refractivity contribution < 1.29 is 4.57 Å². The summed E-state index contributed by atoms with van der Waals surface area (Å²) >= 11 is 0. The third-order valence-corrected chi connectivity index (χ3v) is 2.29. The van der Waals surface area contributed by atoms with Gasteiger partial charge in [-0.05, 0) is 12.0 Å². The highest BCUT2D eigenvalue weighted by molar-refractivity contribution is 5.54. The number of anilines is 1. The maximum Gasteiger partial charge on any atom is 0.192 e. The van der Waals surface area contributed by atoms with Gasteiger partial charge in [0.1, 0.15) is 12.7 Å². The minimum absolute atomic E-state index is 1.17. The molecule has 2 heteroatoms. The van der Waals surface area contributed by atoms with Crippen molar-refractivity contribution in [2.45, 2.75) is 6.42 Å². The Morgan fingerprint density at radius 3 is 3.18 bits per heavy atom. The van der Waals surface area contributed by atoms with Crippen LogP contribution < -0.4 is 9.47 Å². The Hall–Kier alpha value is -1.05. The lowest BCUT2D eigenvalue weighted by Gasteiger charge is -2.08. The number of pyridine rings is 1. The number of hydrogen-bond donors (Lipinski definition) is 0. The Labute approximate surface area is 67.1 Å². The average molecular weight is 149 g/mol. The molecular weight excluding hydrogens is 136 g/mol. The molecule has 0 bridgehead atoms. The fourth-order valence-corrected chi connectivity index (χ4v) is 1.58. The summed E-state index contributed by atoms with van der Waals surface area (Å²) in [5, 5.41) is 0. The second-order valence-corrected chi connectivity index (χ2v) is 3.19. The lowest BCUT2D eigenvalue weighted by Crippen LogP contribution is -2.27. The van der Waals surface area contributed by atoms with Crippen molar-refractivity contribution >= 4 is 5.69 Å². The van der Waals surface area contributed by atoms with E-state index < -0.39 is 0 Å². The summed E-state index contributed by atoms with van der Waals surface area (Å²) in [6, 6.07) is 2.21. The fourth-order valence-electron chi connectivity index (χ4n) is 1.58. The van der Waals surface area contributed by atoms with Gasteiger partial charge in [0, 0.05) is 19.7 Å². The van der Waals surface area contributed by atoms with Gasteiger partial charge in [0.2, 0.25) is 0 Å². The van der Waals surface area contributed by atoms with Gasteiger partial charge < -0.3 is 4.90 Å². The molecule has 0 unspecified atom stereocenters. The van der Waals surface area contributed by atoms with Gasteiger partial charge in [-0.15, -0.1) is 0 Å². The third kappa shape index (κ3) is 0.985.